The summed E-state index contributed by atoms with van der Waals surface area (Å²) in [7, 11) is 1.87. The van der Waals surface area contributed by atoms with E-state index in [0.29, 0.717) is 17.3 Å². The van der Waals surface area contributed by atoms with E-state index in [1.807, 2.05) is 54.1 Å². The molecule has 1 amide bonds. The Bertz CT molecular complexity index is 806. The third-order valence-electron chi connectivity index (χ3n) is 3.88. The number of benzene rings is 2. The second-order valence-corrected chi connectivity index (χ2v) is 7.06. The lowest BCUT2D eigenvalue weighted by Gasteiger charge is -2.07. The lowest BCUT2D eigenvalue weighted by Crippen LogP contribution is -2.26. The summed E-state index contributed by atoms with van der Waals surface area (Å²) in [6.07, 6.45) is 0.910. The molecule has 124 valence electrons. The Labute approximate surface area is 151 Å². The number of para-hydroxylation sites is 1. The molecule has 0 fully saturated rings. The number of thioether (sulfide) groups is 1. The monoisotopic (exact) mass is 358 g/mol. The van der Waals surface area contributed by atoms with Crippen molar-refractivity contribution in [3.05, 3.63) is 65.3 Å². The number of hydrogen-bond donors (Lipinski definition) is 1. The van der Waals surface area contributed by atoms with Crippen LogP contribution in [0.3, 0.4) is 0 Å². The molecule has 0 saturated carbocycles. The highest BCUT2D eigenvalue weighted by atomic mass is 35.5. The largest absolute Gasteiger partial charge is 0.351 e. The fourth-order valence-corrected chi connectivity index (χ4v) is 3.91. The molecule has 3 aromatic rings. The van der Waals surface area contributed by atoms with Crippen molar-refractivity contribution in [1.29, 1.82) is 0 Å². The Morgan fingerprint density at radius 2 is 1.83 bits per heavy atom. The van der Waals surface area contributed by atoms with Crippen molar-refractivity contribution >= 4 is 40.2 Å². The highest BCUT2D eigenvalue weighted by Gasteiger charge is 2.18. The second-order valence-electron chi connectivity index (χ2n) is 5.51. The topological polar surface area (TPSA) is 34.0 Å². The van der Waals surface area contributed by atoms with Crippen molar-refractivity contribution in [2.24, 2.45) is 7.05 Å². The zero-order chi connectivity index (χ0) is 16.9. The van der Waals surface area contributed by atoms with E-state index in [1.165, 1.54) is 4.90 Å². The molecule has 0 spiro atoms. The Hall–Kier alpha value is -1.91. The number of halogens is 1. The van der Waals surface area contributed by atoms with Gasteiger partial charge < -0.3 is 9.88 Å². The van der Waals surface area contributed by atoms with Crippen LogP contribution in [0.5, 0.6) is 0 Å². The minimum atomic E-state index is -0.122. The first-order chi connectivity index (χ1) is 11.7. The van der Waals surface area contributed by atoms with Crippen molar-refractivity contribution in [3.63, 3.8) is 0 Å². The van der Waals surface area contributed by atoms with Gasteiger partial charge in [-0.3, -0.25) is 4.79 Å². The molecule has 24 heavy (non-hydrogen) atoms. The van der Waals surface area contributed by atoms with E-state index in [9.17, 15) is 4.79 Å². The molecule has 1 heterocycles. The SMILES string of the molecule is Cn1c(C(=O)NCCCSc2ccccc2)c(Cl)c2ccccc21. The molecule has 1 N–H and O–H groups in total. The van der Waals surface area contributed by atoms with Crippen LogP contribution in [0.25, 0.3) is 10.9 Å². The smallest absolute Gasteiger partial charge is 0.269 e. The van der Waals surface area contributed by atoms with Crippen LogP contribution < -0.4 is 5.32 Å². The van der Waals surface area contributed by atoms with E-state index >= 15 is 0 Å². The van der Waals surface area contributed by atoms with Crippen LogP contribution in [-0.4, -0.2) is 22.8 Å². The summed E-state index contributed by atoms with van der Waals surface area (Å²) < 4.78 is 1.85. The normalized spacial score (nSPS) is 10.9. The Kier molecular flexibility index (Phi) is 5.48. The van der Waals surface area contributed by atoms with Gasteiger partial charge in [-0.15, -0.1) is 11.8 Å². The molecule has 0 aliphatic carbocycles. The number of carbonyl (C=O) groups is 1. The summed E-state index contributed by atoms with van der Waals surface area (Å²) in [6, 6.07) is 18.0. The fraction of sp³-hybridized carbons (Fsp3) is 0.211. The Morgan fingerprint density at radius 1 is 1.12 bits per heavy atom. The third-order valence-corrected chi connectivity index (χ3v) is 5.36. The van der Waals surface area contributed by atoms with Gasteiger partial charge in [0.05, 0.1) is 5.02 Å². The lowest BCUT2D eigenvalue weighted by atomic mass is 10.2. The number of nitrogens with one attached hydrogen (secondary N) is 1. The van der Waals surface area contributed by atoms with Gasteiger partial charge in [-0.25, -0.2) is 0 Å². The van der Waals surface area contributed by atoms with E-state index < -0.39 is 0 Å². The van der Waals surface area contributed by atoms with Crippen molar-refractivity contribution < 1.29 is 4.79 Å². The Morgan fingerprint density at radius 3 is 2.58 bits per heavy atom. The van der Waals surface area contributed by atoms with Crippen LogP contribution >= 0.6 is 23.4 Å². The predicted molar refractivity (Wildman–Crippen MR) is 102 cm³/mol. The molecule has 0 unspecified atom stereocenters. The molecule has 0 aliphatic heterocycles. The number of carbonyl (C=O) groups excluding carboxylic acids is 1. The van der Waals surface area contributed by atoms with Gasteiger partial charge in [0.25, 0.3) is 5.91 Å². The number of aryl methyl sites for hydroxylation is 1. The summed E-state index contributed by atoms with van der Waals surface area (Å²) in [5, 5.41) is 4.40. The van der Waals surface area contributed by atoms with E-state index in [2.05, 4.69) is 17.4 Å². The maximum Gasteiger partial charge on any atom is 0.269 e. The minimum absolute atomic E-state index is 0.122. The van der Waals surface area contributed by atoms with Crippen molar-refractivity contribution in [3.8, 4) is 0 Å². The van der Waals surface area contributed by atoms with Crippen LogP contribution in [0.1, 0.15) is 16.9 Å². The van der Waals surface area contributed by atoms with Crippen LogP contribution in [-0.2, 0) is 7.05 Å². The number of rotatable bonds is 6. The van der Waals surface area contributed by atoms with Gasteiger partial charge in [0, 0.05) is 29.4 Å². The van der Waals surface area contributed by atoms with Gasteiger partial charge in [-0.05, 0) is 30.4 Å². The summed E-state index contributed by atoms with van der Waals surface area (Å²) >= 11 is 8.19. The number of fused-ring (bicyclic) bond motifs is 1. The highest BCUT2D eigenvalue weighted by Crippen LogP contribution is 2.29. The fourth-order valence-electron chi connectivity index (χ4n) is 2.66. The molecule has 0 bridgehead atoms. The van der Waals surface area contributed by atoms with E-state index in [1.54, 1.807) is 11.8 Å². The molecule has 1 aromatic heterocycles. The third kappa shape index (κ3) is 3.60. The number of aromatic nitrogens is 1. The summed E-state index contributed by atoms with van der Waals surface area (Å²) in [4.78, 5) is 13.7. The summed E-state index contributed by atoms with van der Waals surface area (Å²) in [5.74, 6) is 0.844. The lowest BCUT2D eigenvalue weighted by molar-refractivity contribution is 0.0946. The standard InChI is InChI=1S/C19H19ClN2OS/c1-22-16-11-6-5-10-15(16)17(20)18(22)19(23)21-12-7-13-24-14-8-3-2-4-9-14/h2-6,8-11H,7,12-13H2,1H3,(H,21,23). The second kappa shape index (κ2) is 7.77. The molecule has 2 aromatic carbocycles. The van der Waals surface area contributed by atoms with Crippen molar-refractivity contribution in [2.75, 3.05) is 12.3 Å². The van der Waals surface area contributed by atoms with Crippen LogP contribution in [0.2, 0.25) is 5.02 Å². The molecule has 0 saturated heterocycles. The van der Waals surface area contributed by atoms with Gasteiger partial charge in [-0.1, -0.05) is 48.0 Å². The number of nitrogens with zero attached hydrogens (tertiary/aromatic N) is 1. The average molecular weight is 359 g/mol. The van der Waals surface area contributed by atoms with Gasteiger partial charge in [0.15, 0.2) is 0 Å². The number of hydrogen-bond acceptors (Lipinski definition) is 2. The van der Waals surface area contributed by atoms with Gasteiger partial charge in [0.1, 0.15) is 5.69 Å². The molecule has 3 rings (SSSR count). The highest BCUT2D eigenvalue weighted by molar-refractivity contribution is 7.99. The predicted octanol–water partition coefficient (Wildman–Crippen LogP) is 4.74. The zero-order valence-electron chi connectivity index (χ0n) is 13.5. The molecular formula is C19H19ClN2OS. The van der Waals surface area contributed by atoms with Gasteiger partial charge in [-0.2, -0.15) is 0 Å². The average Bonchev–Trinajstić information content (AvgIpc) is 2.87. The maximum absolute atomic E-state index is 12.5. The van der Waals surface area contributed by atoms with Crippen LogP contribution in [0.4, 0.5) is 0 Å². The molecule has 0 radical (unpaired) electrons. The molecule has 0 atom stereocenters. The van der Waals surface area contributed by atoms with Crippen molar-refractivity contribution in [2.45, 2.75) is 11.3 Å². The van der Waals surface area contributed by atoms with Gasteiger partial charge >= 0.3 is 0 Å². The van der Waals surface area contributed by atoms with Gasteiger partial charge in [0.2, 0.25) is 0 Å². The zero-order valence-corrected chi connectivity index (χ0v) is 15.0. The summed E-state index contributed by atoms with van der Waals surface area (Å²) in [6.45, 7) is 0.635. The quantitative estimate of drug-likeness (QED) is 0.510. The first-order valence-electron chi connectivity index (χ1n) is 7.87. The molecule has 0 aliphatic rings. The maximum atomic E-state index is 12.5. The van der Waals surface area contributed by atoms with E-state index in [-0.39, 0.29) is 5.91 Å². The summed E-state index contributed by atoms with van der Waals surface area (Å²) in [5.41, 5.74) is 1.49. The van der Waals surface area contributed by atoms with Crippen LogP contribution in [0, 0.1) is 0 Å². The van der Waals surface area contributed by atoms with E-state index in [4.69, 9.17) is 11.6 Å². The molecule has 5 heteroatoms. The minimum Gasteiger partial charge on any atom is -0.351 e. The first-order valence-corrected chi connectivity index (χ1v) is 9.24. The molecule has 3 nitrogen and oxygen atoms in total. The van der Waals surface area contributed by atoms with Crippen molar-refractivity contribution in [1.82, 2.24) is 9.88 Å². The van der Waals surface area contributed by atoms with E-state index in [0.717, 1.165) is 23.1 Å². The Balaban J connectivity index is 1.56. The van der Waals surface area contributed by atoms with Crippen LogP contribution in [0.15, 0.2) is 59.5 Å². The number of amides is 1. The first kappa shape index (κ1) is 16.9. The molecular weight excluding hydrogens is 340 g/mol.